The van der Waals surface area contributed by atoms with Crippen molar-refractivity contribution < 1.29 is 134 Å². The summed E-state index contributed by atoms with van der Waals surface area (Å²) in [5, 5.41) is 45.5. The SMILES string of the molecule is [Ag+].[Ag+].[Ag+].[Ag+].[Ag+].[Ag+].c1ccc(-c2cc[n-]n2)nc1.c1ccc(-c2cc[n-]n2)nc1.c1ccc(-c2ccn[n-]2)nc1.c1ccc(-c2ccn[n-]2)nc1.c1ccc(-c2ccn[n-]2)nc1.c1ccc(-c2ccn[n-]2)nc1. The van der Waals surface area contributed by atoms with Gasteiger partial charge in [0, 0.05) is 84.7 Å². The van der Waals surface area contributed by atoms with Crippen LogP contribution < -0.4 is 30.6 Å². The van der Waals surface area contributed by atoms with Gasteiger partial charge < -0.3 is 61.2 Å². The molecule has 0 aliphatic heterocycles. The summed E-state index contributed by atoms with van der Waals surface area (Å²) >= 11 is 0. The summed E-state index contributed by atoms with van der Waals surface area (Å²) < 4.78 is 0. The van der Waals surface area contributed by atoms with Gasteiger partial charge in [-0.15, -0.1) is 0 Å². The average molecular weight is 1510 g/mol. The van der Waals surface area contributed by atoms with Crippen molar-refractivity contribution in [3.05, 3.63) is 220 Å². The van der Waals surface area contributed by atoms with Crippen LogP contribution in [-0.2, 0) is 134 Å². The monoisotopic (exact) mass is 1510 g/mol. The van der Waals surface area contributed by atoms with E-state index in [1.54, 1.807) is 74.4 Å². The van der Waals surface area contributed by atoms with E-state index in [4.69, 9.17) is 0 Å². The first-order chi connectivity index (χ1) is 32.8. The molecule has 0 spiro atoms. The van der Waals surface area contributed by atoms with Crippen LogP contribution in [-0.4, -0.2) is 60.5 Å². The zero-order valence-corrected chi connectivity index (χ0v) is 45.5. The summed E-state index contributed by atoms with van der Waals surface area (Å²) in [6, 6.07) is 45.3. The Morgan fingerprint density at radius 3 is 0.625 bits per heavy atom. The molecule has 0 aromatic carbocycles. The number of rotatable bonds is 6. The summed E-state index contributed by atoms with van der Waals surface area (Å²) in [4.78, 5) is 24.7. The first kappa shape index (κ1) is 64.6. The van der Waals surface area contributed by atoms with Crippen LogP contribution >= 0.6 is 0 Å². The Kier molecular flexibility index (Phi) is 34.3. The van der Waals surface area contributed by atoms with Crippen molar-refractivity contribution in [3.8, 4) is 68.3 Å². The van der Waals surface area contributed by atoms with Gasteiger partial charge in [0.15, 0.2) is 0 Å². The number of pyridine rings is 6. The van der Waals surface area contributed by atoms with E-state index >= 15 is 0 Å². The predicted octanol–water partition coefficient (Wildman–Crippen LogP) is 6.59. The normalized spacial score (nSPS) is 9.00. The molecule has 12 rings (SSSR count). The van der Waals surface area contributed by atoms with Gasteiger partial charge >= 0.3 is 134 Å². The molecule has 72 heavy (non-hydrogen) atoms. The van der Waals surface area contributed by atoms with Crippen LogP contribution in [0.2, 0.25) is 0 Å². The fraction of sp³-hybridized carbons (Fsp3) is 0. The van der Waals surface area contributed by atoms with Crippen LogP contribution in [0.3, 0.4) is 0 Å². The van der Waals surface area contributed by atoms with Gasteiger partial charge in [-0.3, -0.25) is 29.9 Å². The standard InChI is InChI=1S/6C8H6N3.6Ag/c6*1-2-5-9-7(3-1)8-4-6-10-11-8;;;;;;/h6*1-6H;;;;;;/q6*-1;6*+1. The fourth-order valence-corrected chi connectivity index (χ4v) is 5.30. The molecule has 0 saturated carbocycles. The van der Waals surface area contributed by atoms with E-state index in [1.807, 2.05) is 146 Å². The zero-order chi connectivity index (χ0) is 45.1. The maximum atomic E-state index is 4.12. The molecule has 0 unspecified atom stereocenters. The topological polar surface area (TPSA) is 239 Å². The summed E-state index contributed by atoms with van der Waals surface area (Å²) in [6.07, 6.45) is 20.4. The van der Waals surface area contributed by atoms with Crippen molar-refractivity contribution in [3.63, 3.8) is 0 Å². The molecule has 24 heteroatoms. The Labute approximate surface area is 508 Å². The second kappa shape index (κ2) is 38.3. The number of aromatic nitrogens is 18. The summed E-state index contributed by atoms with van der Waals surface area (Å²) in [7, 11) is 0. The Hall–Kier alpha value is -5.40. The second-order valence-corrected chi connectivity index (χ2v) is 12.8. The first-order valence-electron chi connectivity index (χ1n) is 19.9. The predicted molar refractivity (Wildman–Crippen MR) is 245 cm³/mol. The molecule has 18 nitrogen and oxygen atoms in total. The third-order valence-electron chi connectivity index (χ3n) is 8.35. The number of hydrogen-bond donors (Lipinski definition) is 0. The van der Waals surface area contributed by atoms with Crippen LogP contribution in [0.1, 0.15) is 0 Å². The van der Waals surface area contributed by atoms with Gasteiger partial charge in [-0.1, -0.05) is 95.6 Å². The van der Waals surface area contributed by atoms with Crippen molar-refractivity contribution in [2.24, 2.45) is 0 Å². The largest absolute Gasteiger partial charge is 1.00 e. The molecule has 12 aromatic rings. The summed E-state index contributed by atoms with van der Waals surface area (Å²) in [5.74, 6) is 0. The summed E-state index contributed by atoms with van der Waals surface area (Å²) in [6.45, 7) is 0. The molecule has 12 aromatic heterocycles. The molecule has 384 valence electrons. The Balaban J connectivity index is 0.000000425. The van der Waals surface area contributed by atoms with Gasteiger partial charge in [-0.05, 0) is 72.8 Å². The maximum Gasteiger partial charge on any atom is 1.00 e. The van der Waals surface area contributed by atoms with Crippen LogP contribution in [0, 0.1) is 0 Å². The van der Waals surface area contributed by atoms with Crippen molar-refractivity contribution in [2.75, 3.05) is 0 Å². The molecule has 0 aliphatic rings. The van der Waals surface area contributed by atoms with Gasteiger partial charge in [-0.25, -0.2) is 0 Å². The molecule has 0 amide bonds. The third-order valence-corrected chi connectivity index (χ3v) is 8.35. The van der Waals surface area contributed by atoms with Crippen molar-refractivity contribution in [1.82, 2.24) is 91.1 Å². The van der Waals surface area contributed by atoms with Crippen molar-refractivity contribution in [2.45, 2.75) is 0 Å². The van der Waals surface area contributed by atoms with E-state index in [9.17, 15) is 0 Å². The first-order valence-corrected chi connectivity index (χ1v) is 19.9. The van der Waals surface area contributed by atoms with Crippen molar-refractivity contribution >= 4 is 0 Å². The number of hydrogen-bond acceptors (Lipinski definition) is 12. The van der Waals surface area contributed by atoms with E-state index in [0.717, 1.165) is 68.3 Å². The molecular formula is C48H36Ag6N18. The second-order valence-electron chi connectivity index (χ2n) is 12.8. The molecule has 0 radical (unpaired) electrons. The zero-order valence-electron chi connectivity index (χ0n) is 36.6. The minimum absolute atomic E-state index is 0. The molecule has 12 heterocycles. The van der Waals surface area contributed by atoms with E-state index < -0.39 is 0 Å². The molecule has 0 atom stereocenters. The van der Waals surface area contributed by atoms with Gasteiger partial charge in [0.25, 0.3) is 0 Å². The molecule has 0 N–H and O–H groups in total. The average Bonchev–Trinajstić information content (AvgIpc) is 4.26. The van der Waals surface area contributed by atoms with Gasteiger partial charge in [-0.2, -0.15) is 12.4 Å². The minimum atomic E-state index is 0. The maximum absolute atomic E-state index is 4.12. The Bertz CT molecular complexity index is 2440. The van der Waals surface area contributed by atoms with Crippen molar-refractivity contribution in [1.29, 1.82) is 0 Å². The molecule has 0 fully saturated rings. The van der Waals surface area contributed by atoms with E-state index in [2.05, 4.69) is 91.1 Å². The molecule has 0 aliphatic carbocycles. The van der Waals surface area contributed by atoms with E-state index in [-0.39, 0.29) is 134 Å². The molecule has 0 saturated heterocycles. The van der Waals surface area contributed by atoms with Gasteiger partial charge in [0.2, 0.25) is 0 Å². The van der Waals surface area contributed by atoms with Gasteiger partial charge in [0.05, 0.1) is 22.8 Å². The number of nitrogens with zero attached hydrogens (tertiary/aromatic N) is 18. The molecule has 0 bridgehead atoms. The van der Waals surface area contributed by atoms with E-state index in [1.165, 1.54) is 0 Å². The van der Waals surface area contributed by atoms with Crippen LogP contribution in [0.5, 0.6) is 0 Å². The third kappa shape index (κ3) is 22.2. The Morgan fingerprint density at radius 2 is 0.458 bits per heavy atom. The smallest absolute Gasteiger partial charge is 0.581 e. The van der Waals surface area contributed by atoms with Gasteiger partial charge in [0.1, 0.15) is 0 Å². The van der Waals surface area contributed by atoms with Crippen LogP contribution in [0.15, 0.2) is 220 Å². The minimum Gasteiger partial charge on any atom is -0.581 e. The van der Waals surface area contributed by atoms with E-state index in [0.29, 0.717) is 0 Å². The molecular weight excluding hydrogens is 1480 g/mol. The van der Waals surface area contributed by atoms with Crippen LogP contribution in [0.25, 0.3) is 68.3 Å². The summed E-state index contributed by atoms with van der Waals surface area (Å²) in [5.41, 5.74) is 10.1. The Morgan fingerprint density at radius 1 is 0.222 bits per heavy atom. The quantitative estimate of drug-likeness (QED) is 0.160. The van der Waals surface area contributed by atoms with Crippen LogP contribution in [0.4, 0.5) is 0 Å². The fourth-order valence-electron chi connectivity index (χ4n) is 5.30.